The number of aryl methyl sites for hydroxylation is 1. The molecule has 0 atom stereocenters. The van der Waals surface area contributed by atoms with Gasteiger partial charge in [0.05, 0.1) is 4.92 Å². The van der Waals surface area contributed by atoms with Gasteiger partial charge in [0, 0.05) is 18.2 Å². The number of nitro benzene ring substituents is 1. The van der Waals surface area contributed by atoms with Crippen molar-refractivity contribution in [2.45, 2.75) is 45.1 Å². The van der Waals surface area contributed by atoms with E-state index in [2.05, 4.69) is 12.2 Å². The minimum atomic E-state index is -0.311. The highest BCUT2D eigenvalue weighted by atomic mass is 16.6. The largest absolute Gasteiger partial charge is 0.314 e. The summed E-state index contributed by atoms with van der Waals surface area (Å²) in [5.74, 6) is 0.485. The summed E-state index contributed by atoms with van der Waals surface area (Å²) in [6, 6.07) is 5.79. The Morgan fingerprint density at radius 1 is 1.44 bits per heavy atom. The summed E-state index contributed by atoms with van der Waals surface area (Å²) >= 11 is 0. The monoisotopic (exact) mass is 248 g/mol. The lowest BCUT2D eigenvalue weighted by Gasteiger charge is -2.37. The molecule has 0 saturated heterocycles. The van der Waals surface area contributed by atoms with Gasteiger partial charge in [0.15, 0.2) is 0 Å². The Balaban J connectivity index is 2.02. The van der Waals surface area contributed by atoms with E-state index in [0.717, 1.165) is 31.4 Å². The predicted octanol–water partition coefficient (Wildman–Crippen LogP) is 3.15. The van der Waals surface area contributed by atoms with Crippen molar-refractivity contribution in [3.05, 3.63) is 39.4 Å². The van der Waals surface area contributed by atoms with E-state index >= 15 is 0 Å². The summed E-state index contributed by atoms with van der Waals surface area (Å²) < 4.78 is 0. The summed E-state index contributed by atoms with van der Waals surface area (Å²) in [5, 5.41) is 14.3. The van der Waals surface area contributed by atoms with Crippen LogP contribution in [0.5, 0.6) is 0 Å². The molecule has 0 aromatic heterocycles. The standard InChI is InChI=1S/C14H20N2O2/c1-3-6-15-12-7-11(8-12)14-9-13(16(17)18)5-4-10(14)2/h4-5,9,11-12,15H,3,6-8H2,1-2H3. The third-order valence-corrected chi connectivity index (χ3v) is 3.73. The molecule has 98 valence electrons. The van der Waals surface area contributed by atoms with Crippen LogP contribution in [-0.2, 0) is 0 Å². The fourth-order valence-corrected chi connectivity index (χ4v) is 2.57. The van der Waals surface area contributed by atoms with Crippen LogP contribution in [0.25, 0.3) is 0 Å². The Morgan fingerprint density at radius 2 is 2.17 bits per heavy atom. The van der Waals surface area contributed by atoms with Crippen LogP contribution in [0.15, 0.2) is 18.2 Å². The number of nitrogens with zero attached hydrogens (tertiary/aromatic N) is 1. The molecule has 2 rings (SSSR count). The maximum absolute atomic E-state index is 10.8. The number of non-ortho nitro benzene ring substituents is 1. The van der Waals surface area contributed by atoms with E-state index < -0.39 is 0 Å². The molecule has 1 fully saturated rings. The van der Waals surface area contributed by atoms with Gasteiger partial charge >= 0.3 is 0 Å². The van der Waals surface area contributed by atoms with Crippen LogP contribution < -0.4 is 5.32 Å². The third kappa shape index (κ3) is 2.70. The summed E-state index contributed by atoms with van der Waals surface area (Å²) in [7, 11) is 0. The van der Waals surface area contributed by atoms with Crippen LogP contribution in [0.3, 0.4) is 0 Å². The van der Waals surface area contributed by atoms with Crippen molar-refractivity contribution in [3.63, 3.8) is 0 Å². The second kappa shape index (κ2) is 5.48. The SMILES string of the molecule is CCCNC1CC(c2cc([N+](=O)[O-])ccc2C)C1. The molecule has 0 bridgehead atoms. The number of hydrogen-bond acceptors (Lipinski definition) is 3. The van der Waals surface area contributed by atoms with Gasteiger partial charge in [0.25, 0.3) is 5.69 Å². The Labute approximate surface area is 108 Å². The first-order chi connectivity index (χ1) is 8.61. The van der Waals surface area contributed by atoms with Crippen LogP contribution in [0.4, 0.5) is 5.69 Å². The highest BCUT2D eigenvalue weighted by Crippen LogP contribution is 2.39. The van der Waals surface area contributed by atoms with E-state index in [0.29, 0.717) is 12.0 Å². The Kier molecular flexibility index (Phi) is 3.97. The molecule has 1 aliphatic rings. The molecule has 0 spiro atoms. The molecule has 18 heavy (non-hydrogen) atoms. The van der Waals surface area contributed by atoms with Crippen molar-refractivity contribution in [3.8, 4) is 0 Å². The quantitative estimate of drug-likeness (QED) is 0.643. The molecule has 0 unspecified atom stereocenters. The topological polar surface area (TPSA) is 55.2 Å². The van der Waals surface area contributed by atoms with E-state index in [-0.39, 0.29) is 10.6 Å². The van der Waals surface area contributed by atoms with Gasteiger partial charge in [-0.2, -0.15) is 0 Å². The molecule has 0 aliphatic heterocycles. The van der Waals surface area contributed by atoms with Gasteiger partial charge in [-0.3, -0.25) is 10.1 Å². The fraction of sp³-hybridized carbons (Fsp3) is 0.571. The molecule has 0 heterocycles. The van der Waals surface area contributed by atoms with E-state index in [1.807, 2.05) is 13.0 Å². The van der Waals surface area contributed by atoms with Gasteiger partial charge in [0.2, 0.25) is 0 Å². The predicted molar refractivity (Wildman–Crippen MR) is 71.9 cm³/mol. The van der Waals surface area contributed by atoms with Crippen molar-refractivity contribution in [1.82, 2.24) is 5.32 Å². The Morgan fingerprint density at radius 3 is 2.78 bits per heavy atom. The van der Waals surface area contributed by atoms with Crippen LogP contribution in [-0.4, -0.2) is 17.5 Å². The molecule has 1 aliphatic carbocycles. The maximum Gasteiger partial charge on any atom is 0.269 e. The van der Waals surface area contributed by atoms with E-state index in [1.54, 1.807) is 12.1 Å². The summed E-state index contributed by atoms with van der Waals surface area (Å²) in [6.45, 7) is 5.25. The van der Waals surface area contributed by atoms with Crippen LogP contribution in [0, 0.1) is 17.0 Å². The summed E-state index contributed by atoms with van der Waals surface area (Å²) in [6.07, 6.45) is 3.35. The fourth-order valence-electron chi connectivity index (χ4n) is 2.57. The van der Waals surface area contributed by atoms with Crippen LogP contribution in [0.1, 0.15) is 43.2 Å². The molecule has 4 nitrogen and oxygen atoms in total. The van der Waals surface area contributed by atoms with Crippen molar-refractivity contribution >= 4 is 5.69 Å². The normalized spacial score (nSPS) is 22.6. The lowest BCUT2D eigenvalue weighted by atomic mass is 9.74. The number of benzene rings is 1. The van der Waals surface area contributed by atoms with E-state index in [1.165, 1.54) is 5.56 Å². The second-order valence-electron chi connectivity index (χ2n) is 5.12. The average molecular weight is 248 g/mol. The van der Waals surface area contributed by atoms with Gasteiger partial charge in [-0.25, -0.2) is 0 Å². The molecule has 0 radical (unpaired) electrons. The lowest BCUT2D eigenvalue weighted by Crippen LogP contribution is -2.40. The maximum atomic E-state index is 10.8. The first-order valence-corrected chi connectivity index (χ1v) is 6.60. The zero-order valence-corrected chi connectivity index (χ0v) is 11.0. The molecular formula is C14H20N2O2. The minimum absolute atomic E-state index is 0.209. The molecule has 1 aromatic carbocycles. The van der Waals surface area contributed by atoms with Crippen molar-refractivity contribution < 1.29 is 4.92 Å². The number of rotatable bonds is 5. The molecule has 0 amide bonds. The van der Waals surface area contributed by atoms with Crippen molar-refractivity contribution in [1.29, 1.82) is 0 Å². The van der Waals surface area contributed by atoms with Gasteiger partial charge in [-0.05, 0) is 49.8 Å². The van der Waals surface area contributed by atoms with E-state index in [4.69, 9.17) is 0 Å². The van der Waals surface area contributed by atoms with Crippen LogP contribution >= 0.6 is 0 Å². The van der Waals surface area contributed by atoms with Gasteiger partial charge in [0.1, 0.15) is 0 Å². The second-order valence-corrected chi connectivity index (χ2v) is 5.12. The Bertz CT molecular complexity index is 439. The smallest absolute Gasteiger partial charge is 0.269 e. The minimum Gasteiger partial charge on any atom is -0.314 e. The average Bonchev–Trinajstić information content (AvgIpc) is 2.29. The highest BCUT2D eigenvalue weighted by molar-refractivity contribution is 5.42. The lowest BCUT2D eigenvalue weighted by molar-refractivity contribution is -0.385. The van der Waals surface area contributed by atoms with Crippen LogP contribution in [0.2, 0.25) is 0 Å². The molecular weight excluding hydrogens is 228 g/mol. The molecule has 1 N–H and O–H groups in total. The highest BCUT2D eigenvalue weighted by Gasteiger charge is 2.31. The molecule has 1 saturated carbocycles. The summed E-state index contributed by atoms with van der Waals surface area (Å²) in [4.78, 5) is 10.5. The number of nitro groups is 1. The molecule has 1 aromatic rings. The first kappa shape index (κ1) is 13.0. The number of hydrogen-bond donors (Lipinski definition) is 1. The van der Waals surface area contributed by atoms with Crippen molar-refractivity contribution in [2.75, 3.05) is 6.54 Å². The van der Waals surface area contributed by atoms with Crippen molar-refractivity contribution in [2.24, 2.45) is 0 Å². The zero-order chi connectivity index (χ0) is 13.1. The summed E-state index contributed by atoms with van der Waals surface area (Å²) in [5.41, 5.74) is 2.53. The van der Waals surface area contributed by atoms with Gasteiger partial charge in [-0.15, -0.1) is 0 Å². The first-order valence-electron chi connectivity index (χ1n) is 6.60. The zero-order valence-electron chi connectivity index (χ0n) is 11.0. The number of nitrogens with one attached hydrogen (secondary N) is 1. The Hall–Kier alpha value is -1.42. The van der Waals surface area contributed by atoms with Gasteiger partial charge < -0.3 is 5.32 Å². The third-order valence-electron chi connectivity index (χ3n) is 3.73. The van der Waals surface area contributed by atoms with Gasteiger partial charge in [-0.1, -0.05) is 13.0 Å². The molecule has 4 heteroatoms. The van der Waals surface area contributed by atoms with E-state index in [9.17, 15) is 10.1 Å².